The summed E-state index contributed by atoms with van der Waals surface area (Å²) in [5.74, 6) is 0.242. The third-order valence-electron chi connectivity index (χ3n) is 4.83. The fourth-order valence-electron chi connectivity index (χ4n) is 3.52. The van der Waals surface area contributed by atoms with Crippen LogP contribution in [-0.2, 0) is 6.54 Å². The number of aromatic nitrogens is 3. The lowest BCUT2D eigenvalue weighted by Gasteiger charge is -2.21. The van der Waals surface area contributed by atoms with E-state index in [0.717, 1.165) is 0 Å². The molecule has 0 spiro atoms. The van der Waals surface area contributed by atoms with Crippen molar-refractivity contribution in [2.75, 3.05) is 37.2 Å². The predicted octanol–water partition coefficient (Wildman–Crippen LogP) is 1.36. The second-order valence-electron chi connectivity index (χ2n) is 7.15. The first-order valence-electron chi connectivity index (χ1n) is 9.73. The number of carbonyl (C=O) groups is 1. The van der Waals surface area contributed by atoms with Crippen molar-refractivity contribution in [3.63, 3.8) is 0 Å². The molecule has 0 atom stereocenters. The third-order valence-corrected chi connectivity index (χ3v) is 4.83. The molecule has 9 nitrogen and oxygen atoms in total. The lowest BCUT2D eigenvalue weighted by molar-refractivity contribution is 0.0857. The van der Waals surface area contributed by atoms with Crippen molar-refractivity contribution < 1.29 is 13.6 Å². The number of halogens is 2. The zero-order valence-corrected chi connectivity index (χ0v) is 16.7. The first-order valence-corrected chi connectivity index (χ1v) is 9.73. The highest BCUT2D eigenvalue weighted by molar-refractivity contribution is 5.94. The summed E-state index contributed by atoms with van der Waals surface area (Å²) in [5, 5.41) is 5.71. The Morgan fingerprint density at radius 1 is 1.20 bits per heavy atom. The summed E-state index contributed by atoms with van der Waals surface area (Å²) in [5.41, 5.74) is 6.38. The zero-order chi connectivity index (χ0) is 21.7. The molecule has 30 heavy (non-hydrogen) atoms. The van der Waals surface area contributed by atoms with Crippen LogP contribution in [0.25, 0.3) is 0 Å². The molecule has 162 valence electrons. The minimum atomic E-state index is -2.43. The molecule has 2 aromatic heterocycles. The van der Waals surface area contributed by atoms with E-state index in [1.165, 1.54) is 17.0 Å². The molecule has 0 saturated carbocycles. The fraction of sp³-hybridized carbons (Fsp3) is 0.474. The number of aryl methyl sites for hydroxylation is 1. The summed E-state index contributed by atoms with van der Waals surface area (Å²) in [6.07, 6.45) is -0.150. The van der Waals surface area contributed by atoms with Crippen LogP contribution >= 0.6 is 0 Å². The van der Waals surface area contributed by atoms with E-state index in [1.54, 1.807) is 17.9 Å². The van der Waals surface area contributed by atoms with E-state index >= 15 is 0 Å². The van der Waals surface area contributed by atoms with Crippen molar-refractivity contribution in [1.29, 1.82) is 0 Å². The lowest BCUT2D eigenvalue weighted by Crippen LogP contribution is -2.34. The van der Waals surface area contributed by atoms with Crippen LogP contribution in [0.2, 0.25) is 0 Å². The number of nitrogen functional groups attached to an aromatic ring is 1. The maximum absolute atomic E-state index is 13.1. The van der Waals surface area contributed by atoms with Gasteiger partial charge in [0.15, 0.2) is 0 Å². The summed E-state index contributed by atoms with van der Waals surface area (Å²) in [6.45, 7) is 2.84. The van der Waals surface area contributed by atoms with Gasteiger partial charge in [0.2, 0.25) is 0 Å². The number of amides is 1. The summed E-state index contributed by atoms with van der Waals surface area (Å²) < 4.78 is 27.0. The molecule has 11 heteroatoms. The fourth-order valence-corrected chi connectivity index (χ4v) is 3.52. The Hall–Kier alpha value is -3.08. The van der Waals surface area contributed by atoms with Crippen LogP contribution in [0.3, 0.4) is 0 Å². The van der Waals surface area contributed by atoms with Crippen molar-refractivity contribution in [3.8, 4) is 0 Å². The molecule has 0 fully saturated rings. The first-order chi connectivity index (χ1) is 14.3. The molecule has 1 aliphatic rings. The van der Waals surface area contributed by atoms with Crippen molar-refractivity contribution in [2.24, 2.45) is 0 Å². The van der Waals surface area contributed by atoms with Gasteiger partial charge in [-0.3, -0.25) is 14.5 Å². The molecule has 1 aliphatic heterocycles. The van der Waals surface area contributed by atoms with Crippen LogP contribution in [0.1, 0.15) is 28.9 Å². The largest absolute Gasteiger partial charge is 0.384 e. The Morgan fingerprint density at radius 3 is 2.70 bits per heavy atom. The van der Waals surface area contributed by atoms with Crippen LogP contribution in [0.15, 0.2) is 23.3 Å². The van der Waals surface area contributed by atoms with Gasteiger partial charge in [-0.25, -0.2) is 18.7 Å². The number of nitrogens with zero attached hydrogens (tertiary/aromatic N) is 4. The standard InChI is InChI=1S/C19H25F2N7O2/c1-12-8-13(26-16-9-15(22)24-11-25-16)19(30)28-7-3-6-27(10-14(20)21)5-2-4-23-18(29)17(12)28/h8-9,11,14H,2-7,10H2,1H3,(H,23,29)(H3,22,24,25,26). The van der Waals surface area contributed by atoms with Crippen molar-refractivity contribution in [2.45, 2.75) is 32.7 Å². The van der Waals surface area contributed by atoms with E-state index in [2.05, 4.69) is 20.6 Å². The summed E-state index contributed by atoms with van der Waals surface area (Å²) in [4.78, 5) is 35.3. The minimum absolute atomic E-state index is 0.226. The normalized spacial score (nSPS) is 15.9. The smallest absolute Gasteiger partial charge is 0.274 e. The summed E-state index contributed by atoms with van der Waals surface area (Å²) >= 11 is 0. The Kier molecular flexibility index (Phi) is 6.93. The number of hydrogen-bond donors (Lipinski definition) is 3. The number of rotatable bonds is 4. The number of hydrogen-bond acceptors (Lipinski definition) is 7. The Balaban J connectivity index is 1.93. The molecule has 0 unspecified atom stereocenters. The lowest BCUT2D eigenvalue weighted by atomic mass is 10.1. The molecule has 0 aromatic carbocycles. The van der Waals surface area contributed by atoms with Crippen molar-refractivity contribution in [1.82, 2.24) is 24.8 Å². The third kappa shape index (κ3) is 5.29. The molecular weight excluding hydrogens is 396 g/mol. The van der Waals surface area contributed by atoms with Gasteiger partial charge in [-0.15, -0.1) is 0 Å². The molecule has 0 radical (unpaired) electrons. The van der Waals surface area contributed by atoms with Crippen LogP contribution < -0.4 is 21.9 Å². The van der Waals surface area contributed by atoms with E-state index in [1.807, 2.05) is 0 Å². The van der Waals surface area contributed by atoms with Gasteiger partial charge in [0.05, 0.1) is 6.54 Å². The molecule has 0 aliphatic carbocycles. The van der Waals surface area contributed by atoms with E-state index in [4.69, 9.17) is 5.73 Å². The Morgan fingerprint density at radius 2 is 1.97 bits per heavy atom. The topological polar surface area (TPSA) is 118 Å². The average molecular weight is 421 g/mol. The van der Waals surface area contributed by atoms with Gasteiger partial charge in [-0.2, -0.15) is 0 Å². The molecule has 2 aromatic rings. The Bertz CT molecular complexity index is 964. The van der Waals surface area contributed by atoms with Crippen molar-refractivity contribution >= 4 is 23.2 Å². The predicted molar refractivity (Wildman–Crippen MR) is 109 cm³/mol. The summed E-state index contributed by atoms with van der Waals surface area (Å²) in [7, 11) is 0. The van der Waals surface area contributed by atoms with Crippen LogP contribution in [0.4, 0.5) is 26.1 Å². The summed E-state index contributed by atoms with van der Waals surface area (Å²) in [6, 6.07) is 3.08. The molecule has 3 rings (SSSR count). The number of fused-ring (bicyclic) bond motifs is 1. The van der Waals surface area contributed by atoms with Gasteiger partial charge in [0.1, 0.15) is 29.3 Å². The number of carbonyl (C=O) groups excluding carboxylic acids is 1. The number of nitrogens with one attached hydrogen (secondary N) is 2. The zero-order valence-electron chi connectivity index (χ0n) is 16.7. The minimum Gasteiger partial charge on any atom is -0.384 e. The number of anilines is 3. The Labute approximate surface area is 172 Å². The highest BCUT2D eigenvalue weighted by Gasteiger charge is 2.21. The highest BCUT2D eigenvalue weighted by atomic mass is 19.3. The van der Waals surface area contributed by atoms with Gasteiger partial charge in [0, 0.05) is 32.2 Å². The van der Waals surface area contributed by atoms with Crippen LogP contribution in [0.5, 0.6) is 0 Å². The van der Waals surface area contributed by atoms with Gasteiger partial charge in [-0.1, -0.05) is 0 Å². The maximum Gasteiger partial charge on any atom is 0.274 e. The van der Waals surface area contributed by atoms with Gasteiger partial charge in [-0.05, 0) is 31.4 Å². The van der Waals surface area contributed by atoms with E-state index in [-0.39, 0.29) is 36.2 Å². The van der Waals surface area contributed by atoms with E-state index < -0.39 is 12.0 Å². The SMILES string of the molecule is Cc1cc(Nc2cc(N)ncn2)c(=O)n2c1C(=O)NCCCN(CC(F)F)CCC2. The van der Waals surface area contributed by atoms with Gasteiger partial charge >= 0.3 is 0 Å². The number of alkyl halides is 2. The number of nitrogens with two attached hydrogens (primary N) is 1. The van der Waals surface area contributed by atoms with E-state index in [0.29, 0.717) is 43.9 Å². The highest BCUT2D eigenvalue weighted by Crippen LogP contribution is 2.17. The quantitative estimate of drug-likeness (QED) is 0.682. The first kappa shape index (κ1) is 21.6. The second kappa shape index (κ2) is 9.61. The average Bonchev–Trinajstić information content (AvgIpc) is 2.70. The molecule has 0 saturated heterocycles. The molecular formula is C19H25F2N7O2. The molecule has 3 heterocycles. The molecule has 4 N–H and O–H groups in total. The van der Waals surface area contributed by atoms with Crippen LogP contribution in [0, 0.1) is 6.92 Å². The van der Waals surface area contributed by atoms with Gasteiger partial charge < -0.3 is 20.9 Å². The maximum atomic E-state index is 13.1. The number of pyridine rings is 1. The van der Waals surface area contributed by atoms with E-state index in [9.17, 15) is 18.4 Å². The van der Waals surface area contributed by atoms with Crippen molar-refractivity contribution in [3.05, 3.63) is 40.1 Å². The molecule has 0 bridgehead atoms. The molecule has 1 amide bonds. The van der Waals surface area contributed by atoms with Crippen LogP contribution in [-0.4, -0.2) is 57.9 Å². The van der Waals surface area contributed by atoms with Gasteiger partial charge in [0.25, 0.3) is 17.9 Å². The monoisotopic (exact) mass is 421 g/mol. The second-order valence-corrected chi connectivity index (χ2v) is 7.15.